The highest BCUT2D eigenvalue weighted by Gasteiger charge is 2.12. The fourth-order valence-electron chi connectivity index (χ4n) is 2.09. The molecule has 0 fully saturated rings. The number of methoxy groups -OCH3 is 1. The number of nitrogens with zero attached hydrogens (tertiary/aromatic N) is 3. The third-order valence-electron chi connectivity index (χ3n) is 3.32. The molecule has 0 spiro atoms. The molecule has 0 atom stereocenters. The van der Waals surface area contributed by atoms with E-state index in [9.17, 15) is 9.90 Å². The maximum Gasteiger partial charge on any atom is 0.299 e. The fourth-order valence-corrected chi connectivity index (χ4v) is 2.09. The number of aromatic amines is 1. The molecule has 0 saturated carbocycles. The number of aromatic nitrogens is 4. The SMILES string of the molecule is C=c1[nH]n2c(=Cc3ccc(O)c(OC)c3)c(=O)nc-2nc1C. The van der Waals surface area contributed by atoms with Crippen LogP contribution >= 0.6 is 0 Å². The van der Waals surface area contributed by atoms with Gasteiger partial charge in [-0.3, -0.25) is 9.89 Å². The molecule has 112 valence electrons. The maximum atomic E-state index is 12.1. The highest BCUT2D eigenvalue weighted by molar-refractivity contribution is 5.55. The van der Waals surface area contributed by atoms with Gasteiger partial charge in [-0.15, -0.1) is 0 Å². The van der Waals surface area contributed by atoms with Crippen LogP contribution in [0.1, 0.15) is 11.3 Å². The van der Waals surface area contributed by atoms with Gasteiger partial charge in [-0.25, -0.2) is 9.67 Å². The average molecular weight is 298 g/mol. The Hall–Kier alpha value is -3.09. The first-order valence-electron chi connectivity index (χ1n) is 6.52. The van der Waals surface area contributed by atoms with E-state index in [0.29, 0.717) is 27.7 Å². The van der Waals surface area contributed by atoms with E-state index in [0.717, 1.165) is 0 Å². The number of nitrogens with one attached hydrogen (secondary N) is 1. The molecule has 0 radical (unpaired) electrons. The third-order valence-corrected chi connectivity index (χ3v) is 3.32. The summed E-state index contributed by atoms with van der Waals surface area (Å²) in [5, 5.41) is 13.5. The van der Waals surface area contributed by atoms with Crippen molar-refractivity contribution in [2.75, 3.05) is 7.11 Å². The lowest BCUT2D eigenvalue weighted by molar-refractivity contribution is 0.373. The van der Waals surface area contributed by atoms with E-state index in [1.807, 2.05) is 0 Å². The minimum absolute atomic E-state index is 0.0315. The number of phenols is 1. The van der Waals surface area contributed by atoms with Gasteiger partial charge >= 0.3 is 0 Å². The monoisotopic (exact) mass is 298 g/mol. The lowest BCUT2D eigenvalue weighted by Gasteiger charge is -2.05. The molecule has 3 rings (SSSR count). The summed E-state index contributed by atoms with van der Waals surface area (Å²) in [7, 11) is 1.46. The number of fused-ring (bicyclic) bond motifs is 1. The van der Waals surface area contributed by atoms with Crippen molar-refractivity contribution < 1.29 is 9.84 Å². The Morgan fingerprint density at radius 1 is 1.41 bits per heavy atom. The van der Waals surface area contributed by atoms with Crippen LogP contribution in [0, 0.1) is 6.92 Å². The molecule has 7 heteroatoms. The molecular weight excluding hydrogens is 284 g/mol. The van der Waals surface area contributed by atoms with E-state index in [1.54, 1.807) is 25.1 Å². The van der Waals surface area contributed by atoms with Crippen LogP contribution in [-0.2, 0) is 0 Å². The van der Waals surface area contributed by atoms with E-state index in [1.165, 1.54) is 17.9 Å². The molecule has 1 aromatic rings. The molecule has 2 heterocycles. The normalized spacial score (nSPS) is 12.0. The predicted octanol–water partition coefficient (Wildman–Crippen LogP) is -0.345. The fraction of sp³-hybridized carbons (Fsp3) is 0.133. The van der Waals surface area contributed by atoms with E-state index >= 15 is 0 Å². The summed E-state index contributed by atoms with van der Waals surface area (Å²) in [4.78, 5) is 20.2. The summed E-state index contributed by atoms with van der Waals surface area (Å²) in [5.74, 6) is 0.641. The van der Waals surface area contributed by atoms with Crippen molar-refractivity contribution in [3.05, 3.63) is 50.5 Å². The summed E-state index contributed by atoms with van der Waals surface area (Å²) < 4.78 is 6.54. The van der Waals surface area contributed by atoms with Crippen LogP contribution in [0.5, 0.6) is 11.5 Å². The summed E-state index contributed by atoms with van der Waals surface area (Å²) in [5.41, 5.74) is 0.962. The number of hydrogen-bond acceptors (Lipinski definition) is 5. The van der Waals surface area contributed by atoms with Gasteiger partial charge in [0.2, 0.25) is 0 Å². The van der Waals surface area contributed by atoms with E-state index < -0.39 is 5.56 Å². The zero-order valence-corrected chi connectivity index (χ0v) is 12.1. The molecule has 1 aromatic carbocycles. The standard InChI is InChI=1S/C15H14N4O3/c1-8-9(2)18-19-11(14(21)17-15(19)16-8)6-10-4-5-12(20)13(7-10)22-3/h4-7,18,20H,2H2,1,3H3. The Morgan fingerprint density at radius 2 is 2.18 bits per heavy atom. The molecule has 22 heavy (non-hydrogen) atoms. The third kappa shape index (κ3) is 2.22. The largest absolute Gasteiger partial charge is 0.504 e. The Morgan fingerprint density at radius 3 is 2.91 bits per heavy atom. The number of aromatic hydroxyl groups is 1. The highest BCUT2D eigenvalue weighted by atomic mass is 16.5. The van der Waals surface area contributed by atoms with E-state index in [4.69, 9.17) is 4.74 Å². The van der Waals surface area contributed by atoms with E-state index in [-0.39, 0.29) is 11.7 Å². The van der Waals surface area contributed by atoms with Crippen LogP contribution in [-0.4, -0.2) is 32.0 Å². The molecule has 0 aromatic heterocycles. The molecule has 0 saturated heterocycles. The number of hydrogen-bond donors (Lipinski definition) is 2. The Kier molecular flexibility index (Phi) is 3.17. The van der Waals surface area contributed by atoms with Gasteiger partial charge in [-0.05, 0) is 30.7 Å². The Bertz CT molecular complexity index is 987. The van der Waals surface area contributed by atoms with Crippen molar-refractivity contribution in [3.8, 4) is 17.4 Å². The van der Waals surface area contributed by atoms with Crippen molar-refractivity contribution in [3.63, 3.8) is 0 Å². The lowest BCUT2D eigenvalue weighted by atomic mass is 10.2. The number of phenolic OH excluding ortho intramolecular Hbond substituents is 1. The summed E-state index contributed by atoms with van der Waals surface area (Å²) in [6.45, 7) is 5.61. The van der Waals surface area contributed by atoms with Crippen LogP contribution < -0.4 is 21.0 Å². The van der Waals surface area contributed by atoms with Gasteiger partial charge < -0.3 is 9.84 Å². The van der Waals surface area contributed by atoms with Gasteiger partial charge in [-0.1, -0.05) is 12.6 Å². The molecule has 2 aliphatic heterocycles. The highest BCUT2D eigenvalue weighted by Crippen LogP contribution is 2.26. The molecule has 7 nitrogen and oxygen atoms in total. The summed E-state index contributed by atoms with van der Waals surface area (Å²) in [6.07, 6.45) is 1.64. The summed E-state index contributed by atoms with van der Waals surface area (Å²) in [6, 6.07) is 4.79. The van der Waals surface area contributed by atoms with Crippen molar-refractivity contribution >= 4 is 12.7 Å². The van der Waals surface area contributed by atoms with Gasteiger partial charge in [-0.2, -0.15) is 4.98 Å². The molecule has 0 bridgehead atoms. The van der Waals surface area contributed by atoms with Crippen LogP contribution in [0.2, 0.25) is 0 Å². The Balaban J connectivity index is 2.26. The molecule has 2 aliphatic rings. The summed E-state index contributed by atoms with van der Waals surface area (Å²) >= 11 is 0. The first-order valence-corrected chi connectivity index (χ1v) is 6.52. The molecule has 2 N–H and O–H groups in total. The minimum atomic E-state index is -0.402. The van der Waals surface area contributed by atoms with Gasteiger partial charge in [0, 0.05) is 0 Å². The van der Waals surface area contributed by atoms with Crippen molar-refractivity contribution in [1.29, 1.82) is 0 Å². The van der Waals surface area contributed by atoms with Crippen LogP contribution in [0.15, 0.2) is 23.0 Å². The molecular formula is C15H14N4O3. The van der Waals surface area contributed by atoms with Crippen molar-refractivity contribution in [1.82, 2.24) is 19.7 Å². The number of aryl methyl sites for hydroxylation is 1. The predicted molar refractivity (Wildman–Crippen MR) is 80.9 cm³/mol. The van der Waals surface area contributed by atoms with Gasteiger partial charge in [0.25, 0.3) is 11.5 Å². The second kappa shape index (κ2) is 5.03. The first kappa shape index (κ1) is 13.9. The van der Waals surface area contributed by atoms with Gasteiger partial charge in [0.15, 0.2) is 11.5 Å². The van der Waals surface area contributed by atoms with Crippen LogP contribution in [0.4, 0.5) is 0 Å². The van der Waals surface area contributed by atoms with E-state index in [2.05, 4.69) is 21.6 Å². The topological polar surface area (TPSA) is 93.0 Å². The lowest BCUT2D eigenvalue weighted by Crippen LogP contribution is -2.32. The smallest absolute Gasteiger partial charge is 0.299 e. The van der Waals surface area contributed by atoms with Gasteiger partial charge in [0.1, 0.15) is 5.35 Å². The molecule has 0 amide bonds. The molecule has 0 unspecified atom stereocenters. The van der Waals surface area contributed by atoms with Crippen LogP contribution in [0.25, 0.3) is 18.6 Å². The number of rotatable bonds is 2. The minimum Gasteiger partial charge on any atom is -0.504 e. The Labute approximate surface area is 125 Å². The quantitative estimate of drug-likeness (QED) is 0.675. The number of H-pyrrole nitrogens is 1. The second-order valence-electron chi connectivity index (χ2n) is 4.80. The maximum absolute atomic E-state index is 12.1. The van der Waals surface area contributed by atoms with Crippen LogP contribution in [0.3, 0.4) is 0 Å². The average Bonchev–Trinajstić information content (AvgIpc) is 2.77. The number of ether oxygens (including phenoxy) is 1. The van der Waals surface area contributed by atoms with Crippen molar-refractivity contribution in [2.24, 2.45) is 0 Å². The zero-order chi connectivity index (χ0) is 15.9. The number of benzene rings is 1. The second-order valence-corrected chi connectivity index (χ2v) is 4.80. The van der Waals surface area contributed by atoms with Gasteiger partial charge in [0.05, 0.1) is 18.2 Å². The van der Waals surface area contributed by atoms with Crippen molar-refractivity contribution in [2.45, 2.75) is 6.92 Å². The first-order chi connectivity index (χ1) is 10.5. The zero-order valence-electron chi connectivity index (χ0n) is 12.1. The number of imidazole rings is 1. The molecule has 0 aliphatic carbocycles.